The second-order valence-corrected chi connectivity index (χ2v) is 7.45. The zero-order chi connectivity index (χ0) is 18.9. The van der Waals surface area contributed by atoms with Crippen molar-refractivity contribution in [3.63, 3.8) is 0 Å². The highest BCUT2D eigenvalue weighted by atomic mass is 16.7. The summed E-state index contributed by atoms with van der Waals surface area (Å²) in [7, 11) is 0. The number of nitro groups is 1. The Hall–Kier alpha value is -2.20. The van der Waals surface area contributed by atoms with E-state index in [0.717, 1.165) is 19.3 Å². The van der Waals surface area contributed by atoms with Gasteiger partial charge in [-0.1, -0.05) is 0 Å². The lowest BCUT2D eigenvalue weighted by Crippen LogP contribution is -2.49. The molecule has 10 nitrogen and oxygen atoms in total. The van der Waals surface area contributed by atoms with Gasteiger partial charge in [-0.3, -0.25) is 4.57 Å². The monoisotopic (exact) mass is 368 g/mol. The summed E-state index contributed by atoms with van der Waals surface area (Å²) in [6.45, 7) is 6.47. The summed E-state index contributed by atoms with van der Waals surface area (Å²) in [6.07, 6.45) is 2.82. The van der Waals surface area contributed by atoms with E-state index in [0.29, 0.717) is 13.2 Å². The van der Waals surface area contributed by atoms with Crippen LogP contribution in [-0.2, 0) is 20.8 Å². The van der Waals surface area contributed by atoms with E-state index in [1.807, 2.05) is 0 Å². The van der Waals surface area contributed by atoms with Gasteiger partial charge in [0.15, 0.2) is 6.29 Å². The summed E-state index contributed by atoms with van der Waals surface area (Å²) in [5.41, 5.74) is -0.694. The Bertz CT molecular complexity index is 677. The number of fused-ring (bicyclic) bond motifs is 1. The lowest BCUT2D eigenvalue weighted by atomic mass is 10.2. The molecule has 2 atom stereocenters. The van der Waals surface area contributed by atoms with Crippen LogP contribution in [0.1, 0.15) is 40.0 Å². The molecule has 1 saturated heterocycles. The van der Waals surface area contributed by atoms with Crippen LogP contribution in [-0.4, -0.2) is 51.7 Å². The Balaban J connectivity index is 1.81. The van der Waals surface area contributed by atoms with Crippen LogP contribution < -0.4 is 4.90 Å². The van der Waals surface area contributed by atoms with Crippen molar-refractivity contribution < 1.29 is 23.9 Å². The fourth-order valence-corrected chi connectivity index (χ4v) is 2.99. The number of nitrogens with zero attached hydrogens (tertiary/aromatic N) is 4. The molecule has 1 aromatic heterocycles. The van der Waals surface area contributed by atoms with Crippen molar-refractivity contribution in [1.82, 2.24) is 9.55 Å². The highest BCUT2D eigenvalue weighted by Crippen LogP contribution is 2.28. The first-order chi connectivity index (χ1) is 12.2. The van der Waals surface area contributed by atoms with Gasteiger partial charge in [0, 0.05) is 11.6 Å². The van der Waals surface area contributed by atoms with Crippen molar-refractivity contribution in [2.45, 2.75) is 64.6 Å². The van der Waals surface area contributed by atoms with Crippen molar-refractivity contribution in [2.75, 3.05) is 18.1 Å². The molecule has 0 aliphatic carbocycles. The number of imidazole rings is 1. The lowest BCUT2D eigenvalue weighted by molar-refractivity contribution is -0.389. The smallest absolute Gasteiger partial charge is 0.419 e. The Morgan fingerprint density at radius 2 is 2.15 bits per heavy atom. The van der Waals surface area contributed by atoms with E-state index in [1.165, 1.54) is 11.1 Å². The summed E-state index contributed by atoms with van der Waals surface area (Å²) < 4.78 is 18.6. The van der Waals surface area contributed by atoms with Gasteiger partial charge in [-0.15, -0.1) is 0 Å². The first kappa shape index (κ1) is 18.6. The van der Waals surface area contributed by atoms with E-state index in [4.69, 9.17) is 14.2 Å². The Kier molecular flexibility index (Phi) is 5.15. The van der Waals surface area contributed by atoms with Gasteiger partial charge in [0.1, 0.15) is 11.8 Å². The predicted molar refractivity (Wildman–Crippen MR) is 90.9 cm³/mol. The van der Waals surface area contributed by atoms with Crippen LogP contribution in [0.15, 0.2) is 6.20 Å². The van der Waals surface area contributed by atoms with Crippen molar-refractivity contribution in [3.8, 4) is 0 Å². The molecule has 26 heavy (non-hydrogen) atoms. The molecule has 0 saturated carbocycles. The molecule has 2 unspecified atom stereocenters. The molecule has 3 heterocycles. The molecule has 1 amide bonds. The van der Waals surface area contributed by atoms with E-state index in [2.05, 4.69) is 4.98 Å². The standard InChI is InChI=1S/C16H24N4O6/c1-16(2,3)26-15(21)19-9-11(25-13-6-4-5-7-24-13)8-18-10-12(20(22)23)17-14(18)19/h10-11,13H,4-9H2,1-3H3. The van der Waals surface area contributed by atoms with Gasteiger partial charge in [-0.25, -0.2) is 9.69 Å². The summed E-state index contributed by atoms with van der Waals surface area (Å²) >= 11 is 0. The molecule has 3 rings (SSSR count). The van der Waals surface area contributed by atoms with Crippen molar-refractivity contribution in [2.24, 2.45) is 0 Å². The van der Waals surface area contributed by atoms with E-state index in [9.17, 15) is 14.9 Å². The number of amides is 1. The number of carbonyl (C=O) groups is 1. The fourth-order valence-electron chi connectivity index (χ4n) is 2.99. The summed E-state index contributed by atoms with van der Waals surface area (Å²) in [5, 5.41) is 11.1. The van der Waals surface area contributed by atoms with E-state index in [1.54, 1.807) is 25.3 Å². The molecule has 10 heteroatoms. The molecule has 1 aromatic rings. The number of rotatable bonds is 3. The summed E-state index contributed by atoms with van der Waals surface area (Å²) in [6, 6.07) is 0. The van der Waals surface area contributed by atoms with Gasteiger partial charge in [0.05, 0.1) is 19.2 Å². The average Bonchev–Trinajstić information content (AvgIpc) is 2.97. The number of ether oxygens (including phenoxy) is 3. The van der Waals surface area contributed by atoms with Gasteiger partial charge in [-0.2, -0.15) is 0 Å². The molecule has 2 aliphatic rings. The summed E-state index contributed by atoms with van der Waals surface area (Å²) in [5.74, 6) is -0.126. The minimum absolute atomic E-state index is 0.190. The molecule has 0 aromatic carbocycles. The number of hydrogen-bond donors (Lipinski definition) is 0. The Morgan fingerprint density at radius 1 is 1.38 bits per heavy atom. The van der Waals surface area contributed by atoms with E-state index in [-0.39, 0.29) is 30.7 Å². The molecule has 1 fully saturated rings. The molecule has 0 radical (unpaired) electrons. The largest absolute Gasteiger partial charge is 0.443 e. The quantitative estimate of drug-likeness (QED) is 0.595. The normalized spacial score (nSPS) is 23.4. The lowest BCUT2D eigenvalue weighted by Gasteiger charge is -2.34. The van der Waals surface area contributed by atoms with E-state index < -0.39 is 16.6 Å². The second kappa shape index (κ2) is 7.20. The van der Waals surface area contributed by atoms with Crippen LogP contribution in [0.5, 0.6) is 0 Å². The average molecular weight is 368 g/mol. The SMILES string of the molecule is CC(C)(C)OC(=O)N1CC(OC2CCCCO2)Cn2cc([N+](=O)[O-])nc21. The predicted octanol–water partition coefficient (Wildman–Crippen LogP) is 2.46. The van der Waals surface area contributed by atoms with Crippen LogP contribution in [0.4, 0.5) is 16.6 Å². The van der Waals surface area contributed by atoms with Crippen LogP contribution in [0.3, 0.4) is 0 Å². The maximum absolute atomic E-state index is 12.6. The third kappa shape index (κ3) is 4.31. The number of hydrogen-bond acceptors (Lipinski definition) is 7. The second-order valence-electron chi connectivity index (χ2n) is 7.45. The molecule has 0 bridgehead atoms. The molecule has 0 spiro atoms. The topological polar surface area (TPSA) is 109 Å². The number of anilines is 1. The Labute approximate surface area is 151 Å². The molecule has 0 N–H and O–H groups in total. The zero-order valence-electron chi connectivity index (χ0n) is 15.2. The number of carbonyl (C=O) groups excluding carboxylic acids is 1. The fraction of sp³-hybridized carbons (Fsp3) is 0.750. The van der Waals surface area contributed by atoms with Crippen LogP contribution in [0.25, 0.3) is 0 Å². The van der Waals surface area contributed by atoms with Crippen LogP contribution in [0.2, 0.25) is 0 Å². The maximum atomic E-state index is 12.6. The third-order valence-corrected chi connectivity index (χ3v) is 4.05. The third-order valence-electron chi connectivity index (χ3n) is 4.05. The highest BCUT2D eigenvalue weighted by Gasteiger charge is 2.39. The molecule has 144 valence electrons. The van der Waals surface area contributed by atoms with Gasteiger partial charge in [0.2, 0.25) is 0 Å². The summed E-state index contributed by atoms with van der Waals surface area (Å²) in [4.78, 5) is 28.3. The molecular weight excluding hydrogens is 344 g/mol. The van der Waals surface area contributed by atoms with Gasteiger partial charge in [0.25, 0.3) is 0 Å². The molecular formula is C16H24N4O6. The minimum Gasteiger partial charge on any atom is -0.443 e. The van der Waals surface area contributed by atoms with Crippen molar-refractivity contribution in [1.29, 1.82) is 0 Å². The van der Waals surface area contributed by atoms with Gasteiger partial charge >= 0.3 is 17.9 Å². The maximum Gasteiger partial charge on any atom is 0.419 e. The number of aromatic nitrogens is 2. The van der Waals surface area contributed by atoms with Crippen molar-refractivity contribution >= 4 is 17.9 Å². The first-order valence-corrected chi connectivity index (χ1v) is 8.72. The zero-order valence-corrected chi connectivity index (χ0v) is 15.2. The highest BCUT2D eigenvalue weighted by molar-refractivity contribution is 5.86. The van der Waals surface area contributed by atoms with Crippen molar-refractivity contribution in [3.05, 3.63) is 16.3 Å². The first-order valence-electron chi connectivity index (χ1n) is 8.72. The van der Waals surface area contributed by atoms with Gasteiger partial charge in [-0.05, 0) is 45.0 Å². The Morgan fingerprint density at radius 3 is 2.77 bits per heavy atom. The van der Waals surface area contributed by atoms with Gasteiger partial charge < -0.3 is 24.3 Å². The van der Waals surface area contributed by atoms with Crippen LogP contribution >= 0.6 is 0 Å². The minimum atomic E-state index is -0.694. The molecule has 2 aliphatic heterocycles. The van der Waals surface area contributed by atoms with E-state index >= 15 is 0 Å². The van der Waals surface area contributed by atoms with Crippen LogP contribution in [0, 0.1) is 10.1 Å².